The number of nitrogens with two attached hydrogens (primary N) is 1. The number of methoxy groups -OCH3 is 1. The van der Waals surface area contributed by atoms with E-state index in [1.807, 2.05) is 13.8 Å². The van der Waals surface area contributed by atoms with E-state index in [2.05, 4.69) is 10.3 Å². The van der Waals surface area contributed by atoms with Crippen molar-refractivity contribution >= 4 is 29.1 Å². The summed E-state index contributed by atoms with van der Waals surface area (Å²) in [4.78, 5) is 28.3. The summed E-state index contributed by atoms with van der Waals surface area (Å²) in [6, 6.07) is 8.65. The van der Waals surface area contributed by atoms with Crippen LogP contribution in [0.1, 0.15) is 40.3 Å². The van der Waals surface area contributed by atoms with Crippen LogP contribution in [0.15, 0.2) is 48.7 Å². The van der Waals surface area contributed by atoms with Crippen LogP contribution in [0.25, 0.3) is 0 Å². The van der Waals surface area contributed by atoms with Gasteiger partial charge in [-0.2, -0.15) is 13.2 Å². The summed E-state index contributed by atoms with van der Waals surface area (Å²) in [7, 11) is 0.998. The van der Waals surface area contributed by atoms with Crippen LogP contribution in [0, 0.1) is 0 Å². The van der Waals surface area contributed by atoms with E-state index >= 15 is 0 Å². The monoisotopic (exact) mass is 523 g/mol. The van der Waals surface area contributed by atoms with Crippen LogP contribution in [0.4, 0.5) is 18.9 Å². The molecule has 3 N–H and O–H groups in total. The van der Waals surface area contributed by atoms with Crippen LogP contribution < -0.4 is 25.3 Å². The Balaban J connectivity index is 2.06. The minimum absolute atomic E-state index is 0.0625. The molecule has 12 heteroatoms. The molecule has 2 amide bonds. The summed E-state index contributed by atoms with van der Waals surface area (Å²) in [5.41, 5.74) is 3.38. The van der Waals surface area contributed by atoms with Crippen molar-refractivity contribution in [2.24, 2.45) is 5.73 Å². The highest BCUT2D eigenvalue weighted by Gasteiger charge is 2.38. The van der Waals surface area contributed by atoms with E-state index in [-0.39, 0.29) is 34.0 Å². The van der Waals surface area contributed by atoms with E-state index in [9.17, 15) is 22.8 Å². The second-order valence-electron chi connectivity index (χ2n) is 7.63. The largest absolute Gasteiger partial charge is 0.495 e. The molecule has 1 aromatic heterocycles. The number of pyridine rings is 1. The lowest BCUT2D eigenvalue weighted by atomic mass is 10.1. The summed E-state index contributed by atoms with van der Waals surface area (Å²) >= 11 is 6.23. The van der Waals surface area contributed by atoms with Crippen molar-refractivity contribution in [1.82, 2.24) is 4.98 Å². The zero-order chi connectivity index (χ0) is 26.6. The van der Waals surface area contributed by atoms with E-state index in [4.69, 9.17) is 31.5 Å². The average molecular weight is 524 g/mol. The van der Waals surface area contributed by atoms with Gasteiger partial charge in [0.05, 0.1) is 23.8 Å². The first-order valence-corrected chi connectivity index (χ1v) is 10.8. The number of hydrogen-bond donors (Lipinski definition) is 2. The molecule has 2 aromatic carbocycles. The fourth-order valence-corrected chi connectivity index (χ4v) is 3.37. The van der Waals surface area contributed by atoms with Crippen molar-refractivity contribution in [2.45, 2.75) is 26.1 Å². The summed E-state index contributed by atoms with van der Waals surface area (Å²) in [6.45, 7) is 3.63. The number of halogens is 4. The van der Waals surface area contributed by atoms with E-state index in [1.54, 1.807) is 0 Å². The lowest BCUT2D eigenvalue weighted by molar-refractivity contribution is -0.138. The number of amides is 2. The van der Waals surface area contributed by atoms with Crippen molar-refractivity contribution in [3.63, 3.8) is 0 Å². The van der Waals surface area contributed by atoms with Gasteiger partial charge in [0, 0.05) is 18.0 Å². The highest BCUT2D eigenvalue weighted by Crippen LogP contribution is 2.43. The molecule has 0 saturated heterocycles. The molecule has 0 spiro atoms. The number of rotatable bonds is 8. The molecule has 3 rings (SSSR count). The number of carbonyl (C=O) groups is 2. The molecule has 190 valence electrons. The Morgan fingerprint density at radius 3 is 2.36 bits per heavy atom. The molecule has 0 aliphatic carbocycles. The van der Waals surface area contributed by atoms with Gasteiger partial charge in [-0.15, -0.1) is 0 Å². The quantitative estimate of drug-likeness (QED) is 0.392. The van der Waals surface area contributed by atoms with Crippen molar-refractivity contribution in [1.29, 1.82) is 0 Å². The molecule has 8 nitrogen and oxygen atoms in total. The zero-order valence-corrected chi connectivity index (χ0v) is 20.0. The second-order valence-corrected chi connectivity index (χ2v) is 8.03. The zero-order valence-electron chi connectivity index (χ0n) is 19.3. The molecular weight excluding hydrogens is 503 g/mol. The van der Waals surface area contributed by atoms with Gasteiger partial charge in [-0.05, 0) is 50.2 Å². The van der Waals surface area contributed by atoms with Crippen LogP contribution in [0.3, 0.4) is 0 Å². The van der Waals surface area contributed by atoms with Gasteiger partial charge < -0.3 is 25.3 Å². The molecule has 36 heavy (non-hydrogen) atoms. The SMILES string of the molecule is COc1c(C(F)(F)F)ccc(Oc2ccc(OC(C)C)c(Cl)c2)c1C(=O)Nc1ccnc(C(N)=O)c1. The minimum atomic E-state index is -4.83. The van der Waals surface area contributed by atoms with Gasteiger partial charge in [0.1, 0.15) is 34.3 Å². The van der Waals surface area contributed by atoms with Gasteiger partial charge in [-0.3, -0.25) is 14.6 Å². The molecule has 0 aliphatic heterocycles. The Labute approximate surface area is 209 Å². The Hall–Kier alpha value is -3.99. The molecule has 0 atom stereocenters. The fraction of sp³-hybridized carbons (Fsp3) is 0.208. The maximum Gasteiger partial charge on any atom is 0.419 e. The van der Waals surface area contributed by atoms with Crippen molar-refractivity contribution in [2.75, 3.05) is 12.4 Å². The Morgan fingerprint density at radius 1 is 1.08 bits per heavy atom. The third-order valence-electron chi connectivity index (χ3n) is 4.62. The first kappa shape index (κ1) is 26.6. The number of anilines is 1. The minimum Gasteiger partial charge on any atom is -0.495 e. The van der Waals surface area contributed by atoms with E-state index in [0.29, 0.717) is 5.75 Å². The Bertz CT molecular complexity index is 1300. The number of alkyl halides is 3. The summed E-state index contributed by atoms with van der Waals surface area (Å²) in [5, 5.41) is 2.61. The number of hydrogen-bond acceptors (Lipinski definition) is 6. The summed E-state index contributed by atoms with van der Waals surface area (Å²) in [5.74, 6) is -2.34. The normalized spacial score (nSPS) is 11.2. The third-order valence-corrected chi connectivity index (χ3v) is 4.92. The molecule has 0 saturated carbocycles. The van der Waals surface area contributed by atoms with Gasteiger partial charge in [0.15, 0.2) is 0 Å². The average Bonchev–Trinajstić information content (AvgIpc) is 2.79. The summed E-state index contributed by atoms with van der Waals surface area (Å²) in [6.07, 6.45) is -3.76. The van der Waals surface area contributed by atoms with Gasteiger partial charge >= 0.3 is 6.18 Å². The fourth-order valence-electron chi connectivity index (χ4n) is 3.16. The number of ether oxygens (including phenoxy) is 3. The number of nitrogens with one attached hydrogen (secondary N) is 1. The first-order chi connectivity index (χ1) is 16.9. The number of aromatic nitrogens is 1. The lowest BCUT2D eigenvalue weighted by Gasteiger charge is -2.19. The van der Waals surface area contributed by atoms with E-state index in [0.717, 1.165) is 19.2 Å². The highest BCUT2D eigenvalue weighted by atomic mass is 35.5. The maximum atomic E-state index is 13.7. The number of carbonyl (C=O) groups excluding carboxylic acids is 2. The van der Waals surface area contributed by atoms with Crippen LogP contribution >= 0.6 is 11.6 Å². The van der Waals surface area contributed by atoms with Gasteiger partial charge in [-0.1, -0.05) is 11.6 Å². The highest BCUT2D eigenvalue weighted by molar-refractivity contribution is 6.32. The maximum absolute atomic E-state index is 13.7. The van der Waals surface area contributed by atoms with Crippen LogP contribution in [0.2, 0.25) is 5.02 Å². The predicted molar refractivity (Wildman–Crippen MR) is 126 cm³/mol. The smallest absolute Gasteiger partial charge is 0.419 e. The molecule has 1 heterocycles. The Morgan fingerprint density at radius 2 is 1.78 bits per heavy atom. The summed E-state index contributed by atoms with van der Waals surface area (Å²) < 4.78 is 57.3. The van der Waals surface area contributed by atoms with Gasteiger partial charge in [0.2, 0.25) is 0 Å². The molecule has 0 unspecified atom stereocenters. The van der Waals surface area contributed by atoms with Crippen LogP contribution in [-0.4, -0.2) is 30.0 Å². The lowest BCUT2D eigenvalue weighted by Crippen LogP contribution is -2.18. The predicted octanol–water partition coefficient (Wildman–Crippen LogP) is 5.69. The van der Waals surface area contributed by atoms with Gasteiger partial charge in [0.25, 0.3) is 11.8 Å². The number of nitrogens with zero attached hydrogens (tertiary/aromatic N) is 1. The molecule has 0 bridgehead atoms. The topological polar surface area (TPSA) is 113 Å². The molecule has 0 radical (unpaired) electrons. The standard InChI is InChI=1S/C24H21ClF3N3O5/c1-12(2)35-18-6-4-14(11-16(18)25)36-19-7-5-15(24(26,27)28)21(34-3)20(19)23(33)31-13-8-9-30-17(10-13)22(29)32/h4-12H,1-3H3,(H2,29,32)(H,30,31,33). The van der Waals surface area contributed by atoms with Crippen LogP contribution in [0.5, 0.6) is 23.0 Å². The van der Waals surface area contributed by atoms with Gasteiger partial charge in [-0.25, -0.2) is 0 Å². The Kier molecular flexibility index (Phi) is 7.93. The molecular formula is C24H21ClF3N3O5. The van der Waals surface area contributed by atoms with Crippen LogP contribution in [-0.2, 0) is 6.18 Å². The molecule has 3 aromatic rings. The van der Waals surface area contributed by atoms with Crippen molar-refractivity contribution in [3.05, 3.63) is 70.5 Å². The van der Waals surface area contributed by atoms with Crippen molar-refractivity contribution < 1.29 is 37.0 Å². The second kappa shape index (κ2) is 10.7. The third kappa shape index (κ3) is 6.16. The van der Waals surface area contributed by atoms with E-state index in [1.165, 1.54) is 36.5 Å². The number of primary amides is 1. The van der Waals surface area contributed by atoms with E-state index < -0.39 is 34.9 Å². The number of benzene rings is 2. The molecule has 0 aliphatic rings. The first-order valence-electron chi connectivity index (χ1n) is 10.4. The van der Waals surface area contributed by atoms with Crippen molar-refractivity contribution in [3.8, 4) is 23.0 Å². The molecule has 0 fully saturated rings.